The van der Waals surface area contributed by atoms with Gasteiger partial charge in [-0.15, -0.1) is 11.3 Å². The zero-order valence-corrected chi connectivity index (χ0v) is 12.0. The van der Waals surface area contributed by atoms with Crippen molar-refractivity contribution in [2.45, 2.75) is 33.2 Å². The van der Waals surface area contributed by atoms with E-state index in [4.69, 9.17) is 11.6 Å². The molecule has 0 saturated carbocycles. The Morgan fingerprint density at radius 2 is 2.22 bits per heavy atom. The highest BCUT2D eigenvalue weighted by Gasteiger charge is 2.20. The average Bonchev–Trinajstić information content (AvgIpc) is 2.96. The van der Waals surface area contributed by atoms with Crippen LogP contribution in [0.2, 0.25) is 5.02 Å². The fourth-order valence-electron chi connectivity index (χ4n) is 1.78. The number of carbonyl (C=O) groups is 1. The summed E-state index contributed by atoms with van der Waals surface area (Å²) in [7, 11) is 0. The normalized spacial score (nSPS) is 10.8. The molecule has 0 radical (unpaired) electrons. The van der Waals surface area contributed by atoms with Crippen LogP contribution in [0.1, 0.15) is 40.5 Å². The minimum atomic E-state index is -0.0318. The monoisotopic (exact) mass is 282 g/mol. The lowest BCUT2D eigenvalue weighted by molar-refractivity contribution is 0.103. The van der Waals surface area contributed by atoms with Gasteiger partial charge in [0.1, 0.15) is 5.69 Å². The maximum atomic E-state index is 12.4. The van der Waals surface area contributed by atoms with Gasteiger partial charge in [-0.25, -0.2) is 0 Å². The summed E-state index contributed by atoms with van der Waals surface area (Å²) in [5.74, 6) is -0.0318. The zero-order valence-electron chi connectivity index (χ0n) is 10.4. The smallest absolute Gasteiger partial charge is 0.222 e. The summed E-state index contributed by atoms with van der Waals surface area (Å²) in [5.41, 5.74) is 0.503. The topological polar surface area (TPSA) is 34.9 Å². The van der Waals surface area contributed by atoms with Crippen molar-refractivity contribution in [1.82, 2.24) is 9.78 Å². The van der Waals surface area contributed by atoms with Crippen molar-refractivity contribution >= 4 is 28.7 Å². The van der Waals surface area contributed by atoms with E-state index in [0.29, 0.717) is 17.3 Å². The number of carbonyl (C=O) groups excluding carboxylic acids is 1. The fourth-order valence-corrected chi connectivity index (χ4v) is 2.89. The molecular formula is C13H15ClN2OS. The number of aryl methyl sites for hydroxylation is 2. The Labute approximate surface area is 115 Å². The van der Waals surface area contributed by atoms with Crippen LogP contribution in [0, 0.1) is 0 Å². The van der Waals surface area contributed by atoms with Gasteiger partial charge in [-0.05, 0) is 25.0 Å². The lowest BCUT2D eigenvalue weighted by atomic mass is 10.2. The number of hydrogen-bond acceptors (Lipinski definition) is 3. The standard InChI is InChI=1S/C13H15ClN2OS/c1-3-7-16-12(10(14)8-15-16)13(17)11-6-5-9(4-2)18-11/h5-6,8H,3-4,7H2,1-2H3. The van der Waals surface area contributed by atoms with Gasteiger partial charge in [0.05, 0.1) is 16.1 Å². The third-order valence-electron chi connectivity index (χ3n) is 2.68. The van der Waals surface area contributed by atoms with Crippen molar-refractivity contribution in [3.8, 4) is 0 Å². The largest absolute Gasteiger partial charge is 0.286 e. The Balaban J connectivity index is 2.35. The van der Waals surface area contributed by atoms with Crippen LogP contribution < -0.4 is 0 Å². The van der Waals surface area contributed by atoms with E-state index in [9.17, 15) is 4.79 Å². The van der Waals surface area contributed by atoms with Gasteiger partial charge in [-0.2, -0.15) is 5.10 Å². The maximum Gasteiger partial charge on any atom is 0.222 e. The van der Waals surface area contributed by atoms with Crippen molar-refractivity contribution < 1.29 is 4.79 Å². The fraction of sp³-hybridized carbons (Fsp3) is 0.385. The van der Waals surface area contributed by atoms with Crippen LogP contribution in [0.25, 0.3) is 0 Å². The number of halogens is 1. The van der Waals surface area contributed by atoms with Gasteiger partial charge in [0.2, 0.25) is 5.78 Å². The highest BCUT2D eigenvalue weighted by molar-refractivity contribution is 7.14. The predicted molar refractivity (Wildman–Crippen MR) is 74.7 cm³/mol. The number of hydrogen-bond donors (Lipinski definition) is 0. The predicted octanol–water partition coefficient (Wildman–Crippen LogP) is 3.80. The Bertz CT molecular complexity index is 559. The summed E-state index contributed by atoms with van der Waals surface area (Å²) in [5, 5.41) is 4.58. The summed E-state index contributed by atoms with van der Waals surface area (Å²) in [6, 6.07) is 3.86. The van der Waals surface area contributed by atoms with Gasteiger partial charge in [-0.1, -0.05) is 25.4 Å². The van der Waals surface area contributed by atoms with E-state index in [1.807, 2.05) is 19.1 Å². The molecule has 0 aromatic carbocycles. The Kier molecular flexibility index (Phi) is 4.19. The molecule has 96 valence electrons. The molecule has 0 atom stereocenters. The highest BCUT2D eigenvalue weighted by Crippen LogP contribution is 2.24. The van der Waals surface area contributed by atoms with Gasteiger partial charge in [0.15, 0.2) is 0 Å². The van der Waals surface area contributed by atoms with Crippen LogP contribution in [-0.4, -0.2) is 15.6 Å². The van der Waals surface area contributed by atoms with E-state index >= 15 is 0 Å². The number of nitrogens with zero attached hydrogens (tertiary/aromatic N) is 2. The van der Waals surface area contributed by atoms with E-state index < -0.39 is 0 Å². The quantitative estimate of drug-likeness (QED) is 0.782. The highest BCUT2D eigenvalue weighted by atomic mass is 35.5. The molecule has 2 rings (SSSR count). The van der Waals surface area contributed by atoms with E-state index in [0.717, 1.165) is 17.7 Å². The maximum absolute atomic E-state index is 12.4. The van der Waals surface area contributed by atoms with Gasteiger partial charge in [0.25, 0.3) is 0 Å². The minimum absolute atomic E-state index is 0.0318. The van der Waals surface area contributed by atoms with Crippen LogP contribution in [-0.2, 0) is 13.0 Å². The molecule has 5 heteroatoms. The van der Waals surface area contributed by atoms with E-state index in [1.165, 1.54) is 16.2 Å². The zero-order chi connectivity index (χ0) is 13.1. The van der Waals surface area contributed by atoms with E-state index in [1.54, 1.807) is 10.9 Å². The molecular weight excluding hydrogens is 268 g/mol. The Morgan fingerprint density at radius 3 is 2.83 bits per heavy atom. The summed E-state index contributed by atoms with van der Waals surface area (Å²) < 4.78 is 1.69. The molecule has 0 bridgehead atoms. The first-order valence-electron chi connectivity index (χ1n) is 6.02. The first-order valence-corrected chi connectivity index (χ1v) is 7.21. The van der Waals surface area contributed by atoms with Crippen LogP contribution in [0.5, 0.6) is 0 Å². The molecule has 0 unspecified atom stereocenters. The minimum Gasteiger partial charge on any atom is -0.286 e. The number of rotatable bonds is 5. The van der Waals surface area contributed by atoms with E-state index in [-0.39, 0.29) is 5.78 Å². The first-order chi connectivity index (χ1) is 8.67. The molecule has 0 aliphatic carbocycles. The second-order valence-electron chi connectivity index (χ2n) is 4.01. The molecule has 18 heavy (non-hydrogen) atoms. The molecule has 0 aliphatic heterocycles. The SMILES string of the molecule is CCCn1ncc(Cl)c1C(=O)c1ccc(CC)s1. The third-order valence-corrected chi connectivity index (χ3v) is 4.18. The van der Waals surface area contributed by atoms with Crippen LogP contribution in [0.3, 0.4) is 0 Å². The van der Waals surface area contributed by atoms with E-state index in [2.05, 4.69) is 12.0 Å². The Morgan fingerprint density at radius 1 is 1.44 bits per heavy atom. The van der Waals surface area contributed by atoms with Crippen LogP contribution in [0.4, 0.5) is 0 Å². The first kappa shape index (κ1) is 13.3. The molecule has 0 spiro atoms. The molecule has 3 nitrogen and oxygen atoms in total. The van der Waals surface area contributed by atoms with Crippen LogP contribution in [0.15, 0.2) is 18.3 Å². The van der Waals surface area contributed by atoms with Crippen molar-refractivity contribution in [3.05, 3.63) is 38.8 Å². The molecule has 2 aromatic rings. The second kappa shape index (κ2) is 5.67. The second-order valence-corrected chi connectivity index (χ2v) is 5.59. The van der Waals surface area contributed by atoms with Crippen molar-refractivity contribution in [2.24, 2.45) is 0 Å². The molecule has 0 aliphatic rings. The number of ketones is 1. The molecule has 0 saturated heterocycles. The summed E-state index contributed by atoms with van der Waals surface area (Å²) >= 11 is 7.59. The van der Waals surface area contributed by atoms with Gasteiger partial charge >= 0.3 is 0 Å². The van der Waals surface area contributed by atoms with Crippen molar-refractivity contribution in [2.75, 3.05) is 0 Å². The van der Waals surface area contributed by atoms with Gasteiger partial charge in [0, 0.05) is 11.4 Å². The summed E-state index contributed by atoms with van der Waals surface area (Å²) in [4.78, 5) is 14.4. The number of thiophene rings is 1. The van der Waals surface area contributed by atoms with Crippen molar-refractivity contribution in [3.63, 3.8) is 0 Å². The summed E-state index contributed by atoms with van der Waals surface area (Å²) in [6.07, 6.45) is 3.40. The molecule has 0 N–H and O–H groups in total. The molecule has 0 amide bonds. The number of aromatic nitrogens is 2. The lowest BCUT2D eigenvalue weighted by Gasteiger charge is -2.04. The Hall–Kier alpha value is -1.13. The molecule has 2 aromatic heterocycles. The van der Waals surface area contributed by atoms with Crippen LogP contribution >= 0.6 is 22.9 Å². The molecule has 0 fully saturated rings. The van der Waals surface area contributed by atoms with Crippen molar-refractivity contribution in [1.29, 1.82) is 0 Å². The molecule has 2 heterocycles. The van der Waals surface area contributed by atoms with Gasteiger partial charge in [-0.3, -0.25) is 9.48 Å². The van der Waals surface area contributed by atoms with Gasteiger partial charge < -0.3 is 0 Å². The lowest BCUT2D eigenvalue weighted by Crippen LogP contribution is -2.11. The average molecular weight is 283 g/mol. The summed E-state index contributed by atoms with van der Waals surface area (Å²) in [6.45, 7) is 4.83. The third kappa shape index (κ3) is 2.49.